The number of para-hydroxylation sites is 1. The summed E-state index contributed by atoms with van der Waals surface area (Å²) >= 11 is 0. The minimum atomic E-state index is -0.0785. The number of rotatable bonds is 4. The van der Waals surface area contributed by atoms with Gasteiger partial charge in [0.2, 0.25) is 11.8 Å². The molecule has 0 bridgehead atoms. The summed E-state index contributed by atoms with van der Waals surface area (Å²) in [5.74, 6) is 1.46. The Hall–Kier alpha value is -2.77. The molecule has 2 amide bonds. The van der Waals surface area contributed by atoms with Gasteiger partial charge in [0.25, 0.3) is 0 Å². The topological polar surface area (TPSA) is 77.5 Å². The molecular weight excluding hydrogens is 358 g/mol. The molecule has 2 aliphatic heterocycles. The first-order valence-electron chi connectivity index (χ1n) is 9.75. The smallest absolute Gasteiger partial charge is 0.243 e. The predicted octanol–water partition coefficient (Wildman–Crippen LogP) is 0.708. The monoisotopic (exact) mass is 387 g/mol. The molecule has 1 unspecified atom stereocenters. The van der Waals surface area contributed by atoms with Gasteiger partial charge in [-0.25, -0.2) is 4.99 Å². The van der Waals surface area contributed by atoms with Crippen molar-refractivity contribution in [3.63, 3.8) is 0 Å². The summed E-state index contributed by atoms with van der Waals surface area (Å²) < 4.78 is 5.74. The predicted molar refractivity (Wildman–Crippen MR) is 107 cm³/mol. The lowest BCUT2D eigenvalue weighted by atomic mass is 10.0. The molecule has 0 saturated carbocycles. The van der Waals surface area contributed by atoms with Gasteiger partial charge in [0.05, 0.1) is 19.2 Å². The van der Waals surface area contributed by atoms with Crippen molar-refractivity contribution in [3.05, 3.63) is 29.8 Å². The van der Waals surface area contributed by atoms with Gasteiger partial charge in [-0.15, -0.1) is 0 Å². The number of carbonyl (C=O) groups is 2. The summed E-state index contributed by atoms with van der Waals surface area (Å²) in [5.41, 5.74) is 1.07. The van der Waals surface area contributed by atoms with E-state index in [1.165, 1.54) is 4.90 Å². The molecule has 0 radical (unpaired) electrons. The highest BCUT2D eigenvalue weighted by molar-refractivity contribution is 5.89. The molecule has 2 aliphatic rings. The van der Waals surface area contributed by atoms with Crippen LogP contribution in [0, 0.1) is 0 Å². The first-order chi connectivity index (χ1) is 13.5. The van der Waals surface area contributed by atoms with Crippen LogP contribution in [0.2, 0.25) is 0 Å². The first kappa shape index (κ1) is 20.0. The molecular formula is C20H29N5O3. The molecule has 1 aromatic carbocycles. The van der Waals surface area contributed by atoms with Crippen molar-refractivity contribution >= 4 is 17.8 Å². The van der Waals surface area contributed by atoms with E-state index in [0.717, 1.165) is 17.7 Å². The summed E-state index contributed by atoms with van der Waals surface area (Å²) in [7, 11) is 3.42. The van der Waals surface area contributed by atoms with Crippen LogP contribution in [0.4, 0.5) is 0 Å². The first-order valence-corrected chi connectivity index (χ1v) is 9.75. The van der Waals surface area contributed by atoms with Gasteiger partial charge in [-0.1, -0.05) is 18.2 Å². The lowest BCUT2D eigenvalue weighted by Gasteiger charge is -2.37. The van der Waals surface area contributed by atoms with Gasteiger partial charge in [-0.2, -0.15) is 0 Å². The molecule has 0 aliphatic carbocycles. The van der Waals surface area contributed by atoms with Crippen molar-refractivity contribution in [2.75, 3.05) is 53.4 Å². The Bertz CT molecular complexity index is 749. The SMILES string of the molecule is CCN1CCN(C(=NCC(=O)N(C)C)NC2CCOc3ccccc32)CC1=O. The van der Waals surface area contributed by atoms with Crippen LogP contribution in [0.15, 0.2) is 29.3 Å². The van der Waals surface area contributed by atoms with E-state index in [1.807, 2.05) is 41.0 Å². The molecule has 1 saturated heterocycles. The summed E-state index contributed by atoms with van der Waals surface area (Å²) in [4.78, 5) is 34.3. The van der Waals surface area contributed by atoms with Crippen LogP contribution in [0.1, 0.15) is 24.9 Å². The minimum Gasteiger partial charge on any atom is -0.493 e. The second-order valence-electron chi connectivity index (χ2n) is 7.19. The standard InChI is InChI=1S/C20H29N5O3/c1-4-24-10-11-25(14-19(24)27)20(21-13-18(26)23(2)3)22-16-9-12-28-17-8-6-5-7-15(16)17/h5-8,16H,4,9-14H2,1-3H3,(H,21,22). The van der Waals surface area contributed by atoms with E-state index < -0.39 is 0 Å². The third-order valence-electron chi connectivity index (χ3n) is 5.12. The van der Waals surface area contributed by atoms with Crippen LogP contribution < -0.4 is 10.1 Å². The van der Waals surface area contributed by atoms with Crippen molar-refractivity contribution in [3.8, 4) is 5.75 Å². The normalized spacial score (nSPS) is 19.8. The van der Waals surface area contributed by atoms with Crippen LogP contribution in [0.3, 0.4) is 0 Å². The van der Waals surface area contributed by atoms with Crippen molar-refractivity contribution in [1.29, 1.82) is 0 Å². The summed E-state index contributed by atoms with van der Waals surface area (Å²) in [6, 6.07) is 7.96. The number of nitrogens with zero attached hydrogens (tertiary/aromatic N) is 4. The summed E-state index contributed by atoms with van der Waals surface area (Å²) in [6.07, 6.45) is 0.792. The van der Waals surface area contributed by atoms with Crippen molar-refractivity contribution in [2.24, 2.45) is 4.99 Å². The molecule has 8 nitrogen and oxygen atoms in total. The average molecular weight is 387 g/mol. The van der Waals surface area contributed by atoms with Crippen molar-refractivity contribution in [1.82, 2.24) is 20.0 Å². The zero-order chi connectivity index (χ0) is 20.1. The Balaban J connectivity index is 1.80. The van der Waals surface area contributed by atoms with E-state index in [-0.39, 0.29) is 30.9 Å². The van der Waals surface area contributed by atoms with Crippen molar-refractivity contribution < 1.29 is 14.3 Å². The second kappa shape index (κ2) is 8.95. The Morgan fingerprint density at radius 2 is 2.11 bits per heavy atom. The Morgan fingerprint density at radius 3 is 2.82 bits per heavy atom. The third-order valence-corrected chi connectivity index (χ3v) is 5.12. The number of amides is 2. The zero-order valence-electron chi connectivity index (χ0n) is 16.9. The largest absolute Gasteiger partial charge is 0.493 e. The molecule has 1 atom stereocenters. The van der Waals surface area contributed by atoms with Crippen LogP contribution in [-0.2, 0) is 9.59 Å². The van der Waals surface area contributed by atoms with Crippen molar-refractivity contribution in [2.45, 2.75) is 19.4 Å². The second-order valence-corrected chi connectivity index (χ2v) is 7.19. The van der Waals surface area contributed by atoms with Gasteiger partial charge in [0, 0.05) is 45.7 Å². The number of hydrogen-bond donors (Lipinski definition) is 1. The molecule has 2 heterocycles. The Labute approximate surface area is 166 Å². The van der Waals surface area contributed by atoms with E-state index in [2.05, 4.69) is 10.3 Å². The summed E-state index contributed by atoms with van der Waals surface area (Å²) in [6.45, 7) is 4.95. The Morgan fingerprint density at radius 1 is 1.32 bits per heavy atom. The highest BCUT2D eigenvalue weighted by atomic mass is 16.5. The van der Waals surface area contributed by atoms with Gasteiger partial charge in [-0.3, -0.25) is 9.59 Å². The van der Waals surface area contributed by atoms with E-state index in [0.29, 0.717) is 32.2 Å². The molecule has 0 spiro atoms. The van der Waals surface area contributed by atoms with E-state index in [4.69, 9.17) is 4.74 Å². The van der Waals surface area contributed by atoms with Crippen LogP contribution in [-0.4, -0.2) is 85.9 Å². The number of fused-ring (bicyclic) bond motifs is 1. The lowest BCUT2D eigenvalue weighted by Crippen LogP contribution is -2.55. The average Bonchev–Trinajstić information content (AvgIpc) is 2.70. The molecule has 152 valence electrons. The highest BCUT2D eigenvalue weighted by Crippen LogP contribution is 2.31. The number of likely N-dealkylation sites (N-methyl/N-ethyl adjacent to an activating group) is 2. The number of hydrogen-bond acceptors (Lipinski definition) is 4. The Kier molecular flexibility index (Phi) is 6.38. The quantitative estimate of drug-likeness (QED) is 0.608. The maximum atomic E-state index is 12.4. The van der Waals surface area contributed by atoms with Crippen LogP contribution in [0.25, 0.3) is 0 Å². The van der Waals surface area contributed by atoms with Crippen LogP contribution in [0.5, 0.6) is 5.75 Å². The van der Waals surface area contributed by atoms with Gasteiger partial charge >= 0.3 is 0 Å². The number of piperazine rings is 1. The number of benzene rings is 1. The number of guanidine groups is 1. The molecule has 1 N–H and O–H groups in total. The molecule has 8 heteroatoms. The number of ether oxygens (including phenoxy) is 1. The fourth-order valence-corrected chi connectivity index (χ4v) is 3.39. The summed E-state index contributed by atoms with van der Waals surface area (Å²) in [5, 5.41) is 3.48. The van der Waals surface area contributed by atoms with Gasteiger partial charge < -0.3 is 24.8 Å². The van der Waals surface area contributed by atoms with E-state index in [1.54, 1.807) is 14.1 Å². The third kappa shape index (κ3) is 4.55. The lowest BCUT2D eigenvalue weighted by molar-refractivity contribution is -0.134. The molecule has 1 fully saturated rings. The van der Waals surface area contributed by atoms with Gasteiger partial charge in [-0.05, 0) is 13.0 Å². The molecule has 28 heavy (non-hydrogen) atoms. The van der Waals surface area contributed by atoms with E-state index >= 15 is 0 Å². The molecule has 3 rings (SSSR count). The van der Waals surface area contributed by atoms with Gasteiger partial charge in [0.15, 0.2) is 5.96 Å². The van der Waals surface area contributed by atoms with Gasteiger partial charge in [0.1, 0.15) is 12.3 Å². The molecule has 0 aromatic heterocycles. The highest BCUT2D eigenvalue weighted by Gasteiger charge is 2.28. The fourth-order valence-electron chi connectivity index (χ4n) is 3.39. The number of aliphatic imine (C=N–C) groups is 1. The number of nitrogens with one attached hydrogen (secondary N) is 1. The maximum absolute atomic E-state index is 12.4. The zero-order valence-corrected chi connectivity index (χ0v) is 16.9. The maximum Gasteiger partial charge on any atom is 0.243 e. The minimum absolute atomic E-state index is 0.0254. The van der Waals surface area contributed by atoms with E-state index in [9.17, 15) is 9.59 Å². The number of carbonyl (C=O) groups excluding carboxylic acids is 2. The molecule has 1 aromatic rings. The fraction of sp³-hybridized carbons (Fsp3) is 0.550. The van der Waals surface area contributed by atoms with Crippen LogP contribution >= 0.6 is 0 Å².